The number of H-pyrrole nitrogens is 1. The highest BCUT2D eigenvalue weighted by atomic mass is 32.2. The molecule has 0 fully saturated rings. The largest absolute Gasteiger partial charge is 0.494 e. The van der Waals surface area contributed by atoms with Gasteiger partial charge in [-0.05, 0) is 80.6 Å². The van der Waals surface area contributed by atoms with E-state index < -0.39 is 0 Å². The first-order chi connectivity index (χ1) is 18.1. The van der Waals surface area contributed by atoms with Gasteiger partial charge in [-0.3, -0.25) is 19.3 Å². The van der Waals surface area contributed by atoms with Gasteiger partial charge in [0.15, 0.2) is 5.16 Å². The summed E-state index contributed by atoms with van der Waals surface area (Å²) in [6.45, 7) is 2.50. The number of nitrogens with zero attached hydrogens (tertiary/aromatic N) is 3. The van der Waals surface area contributed by atoms with E-state index in [4.69, 9.17) is 9.72 Å². The van der Waals surface area contributed by atoms with E-state index in [1.54, 1.807) is 22.1 Å². The molecule has 0 radical (unpaired) electrons. The zero-order valence-corrected chi connectivity index (χ0v) is 21.9. The normalized spacial score (nSPS) is 13.1. The Hall–Kier alpha value is -3.63. The molecule has 37 heavy (non-hydrogen) atoms. The van der Waals surface area contributed by atoms with Crippen molar-refractivity contribution in [3.63, 3.8) is 0 Å². The summed E-state index contributed by atoms with van der Waals surface area (Å²) in [4.78, 5) is 33.7. The highest BCUT2D eigenvalue weighted by Crippen LogP contribution is 2.35. The molecule has 0 unspecified atom stereocenters. The summed E-state index contributed by atoms with van der Waals surface area (Å²) in [6, 6.07) is 13.0. The minimum Gasteiger partial charge on any atom is -0.494 e. The molecule has 5 aromatic rings. The highest BCUT2D eigenvalue weighted by Gasteiger charge is 2.23. The van der Waals surface area contributed by atoms with Crippen LogP contribution in [0.15, 0.2) is 58.6 Å². The number of thioether (sulfide) groups is 1. The number of anilines is 1. The molecule has 188 valence electrons. The van der Waals surface area contributed by atoms with Crippen LogP contribution in [0, 0.1) is 0 Å². The molecule has 0 bridgehead atoms. The van der Waals surface area contributed by atoms with Crippen LogP contribution in [0.4, 0.5) is 5.69 Å². The second-order valence-corrected chi connectivity index (χ2v) is 10.9. The lowest BCUT2D eigenvalue weighted by Crippen LogP contribution is -2.23. The van der Waals surface area contributed by atoms with Gasteiger partial charge in [-0.25, -0.2) is 4.98 Å². The van der Waals surface area contributed by atoms with Crippen LogP contribution in [0.1, 0.15) is 30.2 Å². The number of nitrogens with one attached hydrogen (secondary N) is 2. The van der Waals surface area contributed by atoms with Crippen LogP contribution in [-0.4, -0.2) is 38.0 Å². The lowest BCUT2D eigenvalue weighted by molar-refractivity contribution is -0.113. The molecule has 0 spiro atoms. The van der Waals surface area contributed by atoms with Gasteiger partial charge in [-0.1, -0.05) is 11.8 Å². The number of aryl methyl sites for hydroxylation is 2. The number of rotatable bonds is 7. The van der Waals surface area contributed by atoms with E-state index in [1.165, 1.54) is 16.6 Å². The van der Waals surface area contributed by atoms with Gasteiger partial charge in [0, 0.05) is 16.0 Å². The zero-order chi connectivity index (χ0) is 25.4. The van der Waals surface area contributed by atoms with Gasteiger partial charge >= 0.3 is 0 Å². The maximum atomic E-state index is 13.9. The summed E-state index contributed by atoms with van der Waals surface area (Å²) >= 11 is 2.87. The van der Waals surface area contributed by atoms with Gasteiger partial charge in [0.25, 0.3) is 5.56 Å². The van der Waals surface area contributed by atoms with Crippen molar-refractivity contribution in [2.45, 2.75) is 37.8 Å². The maximum absolute atomic E-state index is 13.9. The first-order valence-corrected chi connectivity index (χ1v) is 14.1. The number of carbonyl (C=O) groups is 1. The van der Waals surface area contributed by atoms with E-state index in [0.717, 1.165) is 58.1 Å². The molecule has 8 nitrogen and oxygen atoms in total. The Bertz CT molecular complexity index is 1670. The van der Waals surface area contributed by atoms with Crippen molar-refractivity contribution >= 4 is 55.8 Å². The summed E-state index contributed by atoms with van der Waals surface area (Å²) in [6.07, 6.45) is 5.86. The van der Waals surface area contributed by atoms with Crippen LogP contribution >= 0.6 is 23.1 Å². The first-order valence-electron chi connectivity index (χ1n) is 12.3. The summed E-state index contributed by atoms with van der Waals surface area (Å²) in [5.41, 5.74) is 3.29. The summed E-state index contributed by atoms with van der Waals surface area (Å²) in [5, 5.41) is 12.1. The third-order valence-corrected chi connectivity index (χ3v) is 8.55. The number of fused-ring (bicyclic) bond motifs is 4. The quantitative estimate of drug-likeness (QED) is 0.217. The van der Waals surface area contributed by atoms with Gasteiger partial charge in [-0.15, -0.1) is 11.3 Å². The first kappa shape index (κ1) is 23.7. The van der Waals surface area contributed by atoms with Crippen molar-refractivity contribution in [3.8, 4) is 11.4 Å². The van der Waals surface area contributed by atoms with E-state index in [0.29, 0.717) is 23.1 Å². The van der Waals surface area contributed by atoms with E-state index >= 15 is 0 Å². The van der Waals surface area contributed by atoms with Gasteiger partial charge in [0.1, 0.15) is 10.6 Å². The number of hydrogen-bond donors (Lipinski definition) is 2. The topological polar surface area (TPSA) is 102 Å². The Morgan fingerprint density at radius 2 is 2.03 bits per heavy atom. The van der Waals surface area contributed by atoms with Crippen LogP contribution in [0.5, 0.6) is 5.75 Å². The van der Waals surface area contributed by atoms with Crippen molar-refractivity contribution in [3.05, 3.63) is 69.5 Å². The third kappa shape index (κ3) is 4.62. The minimum atomic E-state index is -0.179. The molecule has 2 N–H and O–H groups in total. The Morgan fingerprint density at radius 1 is 1.19 bits per heavy atom. The molecular formula is C27H25N5O3S2. The molecule has 1 aliphatic carbocycles. The number of benzene rings is 2. The molecule has 1 aliphatic rings. The molecule has 1 amide bonds. The fraction of sp³-hybridized carbons (Fsp3) is 0.259. The highest BCUT2D eigenvalue weighted by molar-refractivity contribution is 7.99. The van der Waals surface area contributed by atoms with Crippen LogP contribution in [0.25, 0.3) is 26.8 Å². The van der Waals surface area contributed by atoms with Gasteiger partial charge in [0.05, 0.1) is 35.1 Å². The lowest BCUT2D eigenvalue weighted by Gasteiger charge is -2.14. The number of ether oxygens (including phenoxy) is 1. The molecule has 2 aromatic carbocycles. The number of amides is 1. The predicted molar refractivity (Wildman–Crippen MR) is 148 cm³/mol. The van der Waals surface area contributed by atoms with Crippen LogP contribution < -0.4 is 15.6 Å². The number of aromatic nitrogens is 4. The Labute approximate surface area is 221 Å². The van der Waals surface area contributed by atoms with Crippen LogP contribution in [-0.2, 0) is 17.6 Å². The molecule has 10 heteroatoms. The number of aromatic amines is 1. The molecular weight excluding hydrogens is 506 g/mol. The van der Waals surface area contributed by atoms with Gasteiger partial charge in [0.2, 0.25) is 5.91 Å². The maximum Gasteiger partial charge on any atom is 0.267 e. The smallest absolute Gasteiger partial charge is 0.267 e. The summed E-state index contributed by atoms with van der Waals surface area (Å²) < 4.78 is 7.21. The minimum absolute atomic E-state index is 0.0823. The Balaban J connectivity index is 1.34. The Morgan fingerprint density at radius 3 is 2.86 bits per heavy atom. The molecule has 0 saturated carbocycles. The lowest BCUT2D eigenvalue weighted by atomic mass is 9.97. The fourth-order valence-electron chi connectivity index (χ4n) is 4.71. The molecule has 0 aliphatic heterocycles. The van der Waals surface area contributed by atoms with E-state index in [1.807, 2.05) is 49.4 Å². The van der Waals surface area contributed by atoms with Crippen molar-refractivity contribution in [2.24, 2.45) is 0 Å². The molecule has 3 heterocycles. The van der Waals surface area contributed by atoms with Gasteiger partial charge < -0.3 is 10.1 Å². The second kappa shape index (κ2) is 10.0. The standard InChI is InChI=1S/C27H25N5O3S2/c1-2-35-19-11-9-18(10-12-19)32-26(34)24-20-5-3-4-6-22(20)37-25(24)30-27(32)36-15-23(33)29-17-8-7-16-14-28-31-21(16)13-17/h7-14H,2-6,15H2,1H3,(H,28,31)(H,29,33). The van der Waals surface area contributed by atoms with Crippen molar-refractivity contribution in [2.75, 3.05) is 17.7 Å². The van der Waals surface area contributed by atoms with Crippen LogP contribution in [0.3, 0.4) is 0 Å². The van der Waals surface area contributed by atoms with Crippen molar-refractivity contribution in [1.29, 1.82) is 0 Å². The molecule has 0 atom stereocenters. The average molecular weight is 532 g/mol. The molecule has 0 saturated heterocycles. The fourth-order valence-corrected chi connectivity index (χ4v) is 6.83. The third-order valence-electron chi connectivity index (χ3n) is 6.42. The summed E-state index contributed by atoms with van der Waals surface area (Å²) in [5.74, 6) is 0.673. The van der Waals surface area contributed by atoms with Crippen molar-refractivity contribution < 1.29 is 9.53 Å². The summed E-state index contributed by atoms with van der Waals surface area (Å²) in [7, 11) is 0. The monoisotopic (exact) mass is 531 g/mol. The number of carbonyl (C=O) groups excluding carboxylic acids is 1. The molecule has 6 rings (SSSR count). The SMILES string of the molecule is CCOc1ccc(-n2c(SCC(=O)Nc3ccc4cn[nH]c4c3)nc3sc4c(c3c2=O)CCCC4)cc1. The average Bonchev–Trinajstić information content (AvgIpc) is 3.52. The Kier molecular flexibility index (Phi) is 6.43. The zero-order valence-electron chi connectivity index (χ0n) is 20.2. The van der Waals surface area contributed by atoms with E-state index in [2.05, 4.69) is 15.5 Å². The number of hydrogen-bond acceptors (Lipinski definition) is 7. The predicted octanol–water partition coefficient (Wildman–Crippen LogP) is 5.33. The van der Waals surface area contributed by atoms with E-state index in [-0.39, 0.29) is 17.2 Å². The number of thiophene rings is 1. The van der Waals surface area contributed by atoms with Crippen LogP contribution in [0.2, 0.25) is 0 Å². The second-order valence-electron chi connectivity index (χ2n) is 8.86. The van der Waals surface area contributed by atoms with Gasteiger partial charge in [-0.2, -0.15) is 5.10 Å². The molecule has 3 aromatic heterocycles. The van der Waals surface area contributed by atoms with Crippen molar-refractivity contribution in [1.82, 2.24) is 19.7 Å². The van der Waals surface area contributed by atoms with E-state index in [9.17, 15) is 9.59 Å².